The highest BCUT2D eigenvalue weighted by molar-refractivity contribution is 9.10. The summed E-state index contributed by atoms with van der Waals surface area (Å²) in [4.78, 5) is 4.39. The van der Waals surface area contributed by atoms with Crippen LogP contribution in [0.15, 0.2) is 53.1 Å². The number of anilines is 2. The van der Waals surface area contributed by atoms with Crippen molar-refractivity contribution in [1.82, 2.24) is 4.98 Å². The van der Waals surface area contributed by atoms with Gasteiger partial charge in [0.1, 0.15) is 0 Å². The molecule has 0 fully saturated rings. The third-order valence-corrected chi connectivity index (χ3v) is 3.86. The lowest BCUT2D eigenvalue weighted by atomic mass is 10.2. The number of methoxy groups -OCH3 is 2. The fourth-order valence-corrected chi connectivity index (χ4v) is 2.65. The summed E-state index contributed by atoms with van der Waals surface area (Å²) in [7, 11) is 3.25. The van der Waals surface area contributed by atoms with Gasteiger partial charge in [0.2, 0.25) is 0 Å². The number of fused-ring (bicyclic) bond motifs is 1. The van der Waals surface area contributed by atoms with Gasteiger partial charge in [0.05, 0.1) is 19.7 Å². The average Bonchev–Trinajstić information content (AvgIpc) is 2.54. The van der Waals surface area contributed by atoms with Crippen molar-refractivity contribution in [2.75, 3.05) is 19.5 Å². The Hall–Kier alpha value is -2.27. The minimum absolute atomic E-state index is 0.689. The van der Waals surface area contributed by atoms with Gasteiger partial charge >= 0.3 is 0 Å². The highest BCUT2D eigenvalue weighted by atomic mass is 79.9. The van der Waals surface area contributed by atoms with E-state index in [2.05, 4.69) is 26.2 Å². The maximum absolute atomic E-state index is 5.33. The quantitative estimate of drug-likeness (QED) is 0.730. The zero-order chi connectivity index (χ0) is 15.5. The lowest BCUT2D eigenvalue weighted by Crippen LogP contribution is -1.95. The molecular weight excluding hydrogens is 344 g/mol. The molecule has 4 nitrogen and oxygen atoms in total. The van der Waals surface area contributed by atoms with E-state index in [0.717, 1.165) is 26.8 Å². The number of aromatic nitrogens is 1. The van der Waals surface area contributed by atoms with Crippen LogP contribution in [0.25, 0.3) is 10.9 Å². The van der Waals surface area contributed by atoms with Crippen molar-refractivity contribution >= 4 is 38.2 Å². The number of hydrogen-bond donors (Lipinski definition) is 1. The van der Waals surface area contributed by atoms with E-state index >= 15 is 0 Å². The Bertz CT molecular complexity index is 821. The number of nitrogens with one attached hydrogen (secondary N) is 1. The van der Waals surface area contributed by atoms with Gasteiger partial charge in [0.15, 0.2) is 11.5 Å². The molecule has 1 aromatic heterocycles. The third-order valence-electron chi connectivity index (χ3n) is 3.37. The molecule has 1 N–H and O–H groups in total. The van der Waals surface area contributed by atoms with E-state index in [9.17, 15) is 0 Å². The number of halogens is 1. The predicted molar refractivity (Wildman–Crippen MR) is 92.3 cm³/mol. The lowest BCUT2D eigenvalue weighted by molar-refractivity contribution is 0.355. The van der Waals surface area contributed by atoms with Crippen LogP contribution in [0.5, 0.6) is 11.5 Å². The highest BCUT2D eigenvalue weighted by Crippen LogP contribution is 2.33. The first kappa shape index (κ1) is 14.7. The molecule has 0 spiro atoms. The first-order valence-corrected chi connectivity index (χ1v) is 7.54. The molecule has 0 unspecified atom stereocenters. The Morgan fingerprint density at radius 2 is 1.77 bits per heavy atom. The normalized spacial score (nSPS) is 10.5. The van der Waals surface area contributed by atoms with Crippen LogP contribution in [-0.2, 0) is 0 Å². The van der Waals surface area contributed by atoms with Crippen molar-refractivity contribution < 1.29 is 9.47 Å². The molecule has 0 radical (unpaired) electrons. The van der Waals surface area contributed by atoms with Gasteiger partial charge in [-0.1, -0.05) is 15.9 Å². The number of pyridine rings is 1. The SMILES string of the molecule is COc1ccc(Nc2ccnc3cc(Br)ccc23)cc1OC. The standard InChI is InChI=1S/C17H15BrN2O2/c1-21-16-6-4-12(10-17(16)22-2)20-14-7-8-19-15-9-11(18)3-5-13(14)15/h3-10H,1-2H3,(H,19,20). The molecule has 0 amide bonds. The topological polar surface area (TPSA) is 43.4 Å². The minimum Gasteiger partial charge on any atom is -0.493 e. The molecule has 3 rings (SSSR count). The van der Waals surface area contributed by atoms with E-state index in [0.29, 0.717) is 11.5 Å². The van der Waals surface area contributed by atoms with Crippen molar-refractivity contribution in [3.63, 3.8) is 0 Å². The van der Waals surface area contributed by atoms with Crippen molar-refractivity contribution in [2.45, 2.75) is 0 Å². The van der Waals surface area contributed by atoms with Crippen molar-refractivity contribution in [3.8, 4) is 11.5 Å². The first-order valence-electron chi connectivity index (χ1n) is 6.74. The summed E-state index contributed by atoms with van der Waals surface area (Å²) in [6, 6.07) is 13.7. The van der Waals surface area contributed by atoms with E-state index in [1.807, 2.05) is 42.5 Å². The van der Waals surface area contributed by atoms with Crippen molar-refractivity contribution in [1.29, 1.82) is 0 Å². The second kappa shape index (κ2) is 6.23. The van der Waals surface area contributed by atoms with Gasteiger partial charge in [-0.15, -0.1) is 0 Å². The zero-order valence-electron chi connectivity index (χ0n) is 12.3. The van der Waals surface area contributed by atoms with Crippen LogP contribution < -0.4 is 14.8 Å². The van der Waals surface area contributed by atoms with E-state index < -0.39 is 0 Å². The number of benzene rings is 2. The number of nitrogens with zero attached hydrogens (tertiary/aromatic N) is 1. The largest absolute Gasteiger partial charge is 0.493 e. The van der Waals surface area contributed by atoms with Crippen LogP contribution in [-0.4, -0.2) is 19.2 Å². The molecule has 2 aromatic carbocycles. The first-order chi connectivity index (χ1) is 10.7. The molecule has 0 saturated heterocycles. The second-order valence-corrected chi connectivity index (χ2v) is 5.63. The fraction of sp³-hybridized carbons (Fsp3) is 0.118. The summed E-state index contributed by atoms with van der Waals surface area (Å²) in [5.41, 5.74) is 2.85. The van der Waals surface area contributed by atoms with Crippen LogP contribution in [0.2, 0.25) is 0 Å². The summed E-state index contributed by atoms with van der Waals surface area (Å²) < 4.78 is 11.6. The van der Waals surface area contributed by atoms with E-state index in [1.165, 1.54) is 0 Å². The molecule has 0 atom stereocenters. The molecule has 0 saturated carbocycles. The fourth-order valence-electron chi connectivity index (χ4n) is 2.30. The molecule has 22 heavy (non-hydrogen) atoms. The van der Waals surface area contributed by atoms with E-state index in [4.69, 9.17) is 9.47 Å². The van der Waals surface area contributed by atoms with Gasteiger partial charge in [-0.25, -0.2) is 0 Å². The number of hydrogen-bond acceptors (Lipinski definition) is 4. The second-order valence-electron chi connectivity index (χ2n) is 4.71. The van der Waals surface area contributed by atoms with Gasteiger partial charge < -0.3 is 14.8 Å². The van der Waals surface area contributed by atoms with Crippen LogP contribution in [0.4, 0.5) is 11.4 Å². The van der Waals surface area contributed by atoms with E-state index in [1.54, 1.807) is 20.4 Å². The molecule has 0 aliphatic rings. The van der Waals surface area contributed by atoms with Gasteiger partial charge in [0, 0.05) is 33.5 Å². The number of rotatable bonds is 4. The molecule has 0 bridgehead atoms. The smallest absolute Gasteiger partial charge is 0.162 e. The molecule has 0 aliphatic heterocycles. The van der Waals surface area contributed by atoms with Crippen LogP contribution in [0.1, 0.15) is 0 Å². The summed E-state index contributed by atoms with van der Waals surface area (Å²) in [5.74, 6) is 1.39. The summed E-state index contributed by atoms with van der Waals surface area (Å²) in [6.07, 6.45) is 1.79. The summed E-state index contributed by atoms with van der Waals surface area (Å²) in [6.45, 7) is 0. The molecule has 3 aromatic rings. The summed E-state index contributed by atoms with van der Waals surface area (Å²) in [5, 5.41) is 4.46. The van der Waals surface area contributed by atoms with E-state index in [-0.39, 0.29) is 0 Å². The number of ether oxygens (including phenoxy) is 2. The van der Waals surface area contributed by atoms with Gasteiger partial charge in [-0.05, 0) is 36.4 Å². The zero-order valence-corrected chi connectivity index (χ0v) is 13.8. The summed E-state index contributed by atoms with van der Waals surface area (Å²) >= 11 is 3.47. The van der Waals surface area contributed by atoms with Gasteiger partial charge in [-0.2, -0.15) is 0 Å². The Morgan fingerprint density at radius 3 is 2.55 bits per heavy atom. The van der Waals surface area contributed by atoms with Gasteiger partial charge in [-0.3, -0.25) is 4.98 Å². The molecule has 0 aliphatic carbocycles. The van der Waals surface area contributed by atoms with Crippen molar-refractivity contribution in [2.24, 2.45) is 0 Å². The highest BCUT2D eigenvalue weighted by Gasteiger charge is 2.07. The average molecular weight is 359 g/mol. The Labute approximate surface area is 137 Å². The predicted octanol–water partition coefficient (Wildman–Crippen LogP) is 4.76. The Kier molecular flexibility index (Phi) is 4.15. The van der Waals surface area contributed by atoms with Gasteiger partial charge in [0.25, 0.3) is 0 Å². The maximum Gasteiger partial charge on any atom is 0.162 e. The van der Waals surface area contributed by atoms with Crippen molar-refractivity contribution in [3.05, 3.63) is 53.1 Å². The van der Waals surface area contributed by atoms with Crippen LogP contribution in [0.3, 0.4) is 0 Å². The van der Waals surface area contributed by atoms with Crippen LogP contribution in [0, 0.1) is 0 Å². The Balaban J connectivity index is 2.00. The third kappa shape index (κ3) is 2.85. The molecule has 112 valence electrons. The molecular formula is C17H15BrN2O2. The minimum atomic E-state index is 0.689. The Morgan fingerprint density at radius 1 is 0.955 bits per heavy atom. The monoisotopic (exact) mass is 358 g/mol. The lowest BCUT2D eigenvalue weighted by Gasteiger charge is -2.12. The van der Waals surface area contributed by atoms with Crippen LogP contribution >= 0.6 is 15.9 Å². The maximum atomic E-state index is 5.33. The molecule has 5 heteroatoms. The molecule has 1 heterocycles.